The second-order valence-corrected chi connectivity index (χ2v) is 2.25. The molecule has 0 saturated heterocycles. The first kappa shape index (κ1) is 15.5. The van der Waals surface area contributed by atoms with Crippen LogP contribution in [0.4, 0.5) is 0 Å². The molecule has 0 atom stereocenters. The topological polar surface area (TPSA) is 9.23 Å². The van der Waals surface area contributed by atoms with Crippen molar-refractivity contribution in [1.29, 1.82) is 0 Å². The van der Waals surface area contributed by atoms with Gasteiger partial charge in [0.15, 0.2) is 0 Å². The first-order valence-corrected chi connectivity index (χ1v) is 5.52. The van der Waals surface area contributed by atoms with Crippen molar-refractivity contribution in [3.05, 3.63) is 29.8 Å². The molecule has 1 aromatic carbocycles. The highest BCUT2D eigenvalue weighted by Gasteiger charge is 1.88. The Balaban J connectivity index is 0. The molecule has 0 spiro atoms. The van der Waals surface area contributed by atoms with Crippen molar-refractivity contribution in [2.75, 3.05) is 6.61 Å². The summed E-state index contributed by atoms with van der Waals surface area (Å²) in [6.07, 6.45) is 0. The number of aryl methyl sites for hydroxylation is 1. The predicted octanol–water partition coefficient (Wildman–Crippen LogP) is 4.45. The lowest BCUT2D eigenvalue weighted by atomic mass is 10.2. The maximum absolute atomic E-state index is 5.29. The normalized spacial score (nSPS) is 7.57. The fraction of sp³-hybridized carbons (Fsp3) is 0.538. The smallest absolute Gasteiger partial charge is 0.119 e. The zero-order valence-electron chi connectivity index (χ0n) is 10.4. The van der Waals surface area contributed by atoms with Crippen molar-refractivity contribution in [3.8, 4) is 5.75 Å². The van der Waals surface area contributed by atoms with E-state index in [2.05, 4.69) is 13.0 Å². The highest BCUT2D eigenvalue weighted by atomic mass is 16.5. The summed E-state index contributed by atoms with van der Waals surface area (Å²) >= 11 is 0. The minimum atomic E-state index is 0.740. The molecule has 0 fully saturated rings. The lowest BCUT2D eigenvalue weighted by Crippen LogP contribution is -1.90. The Bertz CT molecular complexity index is 206. The third kappa shape index (κ3) is 7.66. The van der Waals surface area contributed by atoms with Gasteiger partial charge >= 0.3 is 0 Å². The van der Waals surface area contributed by atoms with E-state index in [-0.39, 0.29) is 0 Å². The Morgan fingerprint density at radius 2 is 1.64 bits per heavy atom. The van der Waals surface area contributed by atoms with Crippen molar-refractivity contribution in [2.24, 2.45) is 0 Å². The molecule has 0 aliphatic heterocycles. The SMILES string of the molecule is CC.CC.CCOc1cccc(C)c1. The average Bonchev–Trinajstić information content (AvgIpc) is 2.24. The van der Waals surface area contributed by atoms with Gasteiger partial charge in [-0.05, 0) is 31.5 Å². The Morgan fingerprint density at radius 3 is 2.07 bits per heavy atom. The first-order valence-electron chi connectivity index (χ1n) is 5.52. The fourth-order valence-corrected chi connectivity index (χ4v) is 0.872. The number of rotatable bonds is 2. The number of hydrogen-bond donors (Lipinski definition) is 0. The summed E-state index contributed by atoms with van der Waals surface area (Å²) in [7, 11) is 0. The summed E-state index contributed by atoms with van der Waals surface area (Å²) in [4.78, 5) is 0. The molecule has 0 aliphatic rings. The lowest BCUT2D eigenvalue weighted by molar-refractivity contribution is 0.340. The van der Waals surface area contributed by atoms with Crippen molar-refractivity contribution in [2.45, 2.75) is 41.5 Å². The molecule has 14 heavy (non-hydrogen) atoms. The van der Waals surface area contributed by atoms with Crippen LogP contribution >= 0.6 is 0 Å². The molecule has 1 heteroatoms. The van der Waals surface area contributed by atoms with Crippen LogP contribution in [0.25, 0.3) is 0 Å². The summed E-state index contributed by atoms with van der Waals surface area (Å²) in [5, 5.41) is 0. The van der Waals surface area contributed by atoms with Crippen LogP contribution in [0.15, 0.2) is 24.3 Å². The van der Waals surface area contributed by atoms with Gasteiger partial charge in [-0.15, -0.1) is 0 Å². The van der Waals surface area contributed by atoms with Crippen LogP contribution in [-0.4, -0.2) is 6.61 Å². The summed E-state index contributed by atoms with van der Waals surface area (Å²) < 4.78 is 5.29. The van der Waals surface area contributed by atoms with E-state index in [1.807, 2.05) is 52.8 Å². The van der Waals surface area contributed by atoms with Crippen LogP contribution in [0.2, 0.25) is 0 Å². The molecule has 1 aromatic rings. The maximum atomic E-state index is 5.29. The average molecular weight is 196 g/mol. The maximum Gasteiger partial charge on any atom is 0.119 e. The van der Waals surface area contributed by atoms with E-state index in [1.54, 1.807) is 0 Å². The van der Waals surface area contributed by atoms with Crippen LogP contribution < -0.4 is 4.74 Å². The quantitative estimate of drug-likeness (QED) is 0.679. The van der Waals surface area contributed by atoms with E-state index < -0.39 is 0 Å². The van der Waals surface area contributed by atoms with Crippen LogP contribution in [0.1, 0.15) is 40.2 Å². The summed E-state index contributed by atoms with van der Waals surface area (Å²) in [5.41, 5.74) is 1.24. The number of hydrogen-bond acceptors (Lipinski definition) is 1. The second-order valence-electron chi connectivity index (χ2n) is 2.25. The molecular formula is C13H24O. The number of benzene rings is 1. The zero-order valence-corrected chi connectivity index (χ0v) is 10.4. The highest BCUT2D eigenvalue weighted by Crippen LogP contribution is 2.11. The Morgan fingerprint density at radius 1 is 1.07 bits per heavy atom. The Labute approximate surface area is 89.1 Å². The highest BCUT2D eigenvalue weighted by molar-refractivity contribution is 5.27. The molecule has 0 saturated carbocycles. The van der Waals surface area contributed by atoms with Gasteiger partial charge in [0.05, 0.1) is 6.61 Å². The molecular weight excluding hydrogens is 172 g/mol. The van der Waals surface area contributed by atoms with Crippen molar-refractivity contribution in [3.63, 3.8) is 0 Å². The lowest BCUT2D eigenvalue weighted by Gasteiger charge is -2.01. The molecule has 0 heterocycles. The predicted molar refractivity (Wildman–Crippen MR) is 65.0 cm³/mol. The molecule has 0 N–H and O–H groups in total. The van der Waals surface area contributed by atoms with E-state index in [0.29, 0.717) is 0 Å². The van der Waals surface area contributed by atoms with Crippen molar-refractivity contribution < 1.29 is 4.74 Å². The standard InChI is InChI=1S/C9H12O.2C2H6/c1-3-10-9-6-4-5-8(2)7-9;2*1-2/h4-7H,3H2,1-2H3;2*1-2H3. The molecule has 0 bridgehead atoms. The van der Waals surface area contributed by atoms with Crippen LogP contribution in [-0.2, 0) is 0 Å². The van der Waals surface area contributed by atoms with Crippen LogP contribution in [0, 0.1) is 6.92 Å². The third-order valence-corrected chi connectivity index (χ3v) is 1.30. The van der Waals surface area contributed by atoms with E-state index in [0.717, 1.165) is 12.4 Å². The van der Waals surface area contributed by atoms with Gasteiger partial charge in [0.1, 0.15) is 5.75 Å². The summed E-state index contributed by atoms with van der Waals surface area (Å²) in [6.45, 7) is 12.8. The molecule has 82 valence electrons. The largest absolute Gasteiger partial charge is 0.494 e. The molecule has 0 aromatic heterocycles. The van der Waals surface area contributed by atoms with Gasteiger partial charge in [0.2, 0.25) is 0 Å². The van der Waals surface area contributed by atoms with E-state index >= 15 is 0 Å². The van der Waals surface area contributed by atoms with Gasteiger partial charge in [-0.2, -0.15) is 0 Å². The van der Waals surface area contributed by atoms with Gasteiger partial charge in [-0.3, -0.25) is 0 Å². The van der Waals surface area contributed by atoms with Gasteiger partial charge in [0.25, 0.3) is 0 Å². The van der Waals surface area contributed by atoms with Gasteiger partial charge in [-0.1, -0.05) is 39.8 Å². The third-order valence-electron chi connectivity index (χ3n) is 1.30. The summed E-state index contributed by atoms with van der Waals surface area (Å²) in [5.74, 6) is 0.961. The minimum Gasteiger partial charge on any atom is -0.494 e. The van der Waals surface area contributed by atoms with Crippen LogP contribution in [0.5, 0.6) is 5.75 Å². The molecule has 0 radical (unpaired) electrons. The second kappa shape index (κ2) is 12.0. The monoisotopic (exact) mass is 196 g/mol. The van der Waals surface area contributed by atoms with Crippen molar-refractivity contribution >= 4 is 0 Å². The van der Waals surface area contributed by atoms with Gasteiger partial charge in [-0.25, -0.2) is 0 Å². The zero-order chi connectivity index (χ0) is 11.4. The molecule has 1 rings (SSSR count). The first-order chi connectivity index (χ1) is 6.83. The van der Waals surface area contributed by atoms with E-state index in [9.17, 15) is 0 Å². The molecule has 1 nitrogen and oxygen atoms in total. The molecule has 0 aliphatic carbocycles. The van der Waals surface area contributed by atoms with Crippen molar-refractivity contribution in [1.82, 2.24) is 0 Å². The Hall–Kier alpha value is -0.980. The van der Waals surface area contributed by atoms with E-state index in [1.165, 1.54) is 5.56 Å². The van der Waals surface area contributed by atoms with Crippen LogP contribution in [0.3, 0.4) is 0 Å². The summed E-state index contributed by atoms with van der Waals surface area (Å²) in [6, 6.07) is 8.06. The minimum absolute atomic E-state index is 0.740. The molecule has 0 unspecified atom stereocenters. The molecule has 0 amide bonds. The Kier molecular flexibility index (Phi) is 13.3. The van der Waals surface area contributed by atoms with E-state index in [4.69, 9.17) is 4.74 Å². The number of ether oxygens (including phenoxy) is 1. The fourth-order valence-electron chi connectivity index (χ4n) is 0.872. The van der Waals surface area contributed by atoms with Gasteiger partial charge < -0.3 is 4.74 Å². The van der Waals surface area contributed by atoms with Gasteiger partial charge in [0, 0.05) is 0 Å².